The molecular formula is C12H9NO3. The minimum Gasteiger partial charge on any atom is -0.298 e. The van der Waals surface area contributed by atoms with Crippen LogP contribution in [0.1, 0.15) is 22.1 Å². The van der Waals surface area contributed by atoms with Gasteiger partial charge in [0.1, 0.15) is 0 Å². The van der Waals surface area contributed by atoms with Crippen LogP contribution in [0.4, 0.5) is 0 Å². The summed E-state index contributed by atoms with van der Waals surface area (Å²) in [7, 11) is 0. The fourth-order valence-corrected chi connectivity index (χ4v) is 1.64. The van der Waals surface area contributed by atoms with Crippen molar-refractivity contribution in [3.63, 3.8) is 0 Å². The van der Waals surface area contributed by atoms with E-state index < -0.39 is 11.7 Å². The number of nitrogens with zero attached hydrogens (tertiary/aromatic N) is 1. The normalized spacial score (nSPS) is 10.3. The van der Waals surface area contributed by atoms with Crippen molar-refractivity contribution in [3.8, 4) is 0 Å². The summed E-state index contributed by atoms with van der Waals surface area (Å²) in [6, 6.07) is 6.96. The summed E-state index contributed by atoms with van der Waals surface area (Å²) in [4.78, 5) is 33.4. The molecule has 0 fully saturated rings. The number of ketones is 1. The van der Waals surface area contributed by atoms with E-state index in [0.29, 0.717) is 22.8 Å². The number of carbonyl (C=O) groups excluding carboxylic acids is 3. The Morgan fingerprint density at radius 1 is 1.25 bits per heavy atom. The lowest BCUT2D eigenvalue weighted by atomic mass is 10.2. The van der Waals surface area contributed by atoms with Crippen LogP contribution in [-0.2, 0) is 4.79 Å². The van der Waals surface area contributed by atoms with Crippen molar-refractivity contribution < 1.29 is 14.4 Å². The van der Waals surface area contributed by atoms with Gasteiger partial charge in [0.05, 0.1) is 5.52 Å². The number of aldehydes is 1. The third kappa shape index (κ3) is 1.44. The molecule has 16 heavy (non-hydrogen) atoms. The number of aromatic nitrogens is 1. The van der Waals surface area contributed by atoms with Crippen LogP contribution in [0.25, 0.3) is 10.9 Å². The molecule has 0 radical (unpaired) electrons. The van der Waals surface area contributed by atoms with Gasteiger partial charge in [0, 0.05) is 24.1 Å². The SMILES string of the molecule is CC(=O)C(=O)n1cc(C=O)c2ccccc21. The van der Waals surface area contributed by atoms with Gasteiger partial charge >= 0.3 is 0 Å². The highest BCUT2D eigenvalue weighted by Gasteiger charge is 2.15. The van der Waals surface area contributed by atoms with Crippen molar-refractivity contribution in [2.45, 2.75) is 6.92 Å². The number of hydrogen-bond donors (Lipinski definition) is 0. The summed E-state index contributed by atoms with van der Waals surface area (Å²) < 4.78 is 1.21. The molecule has 0 amide bonds. The number of rotatable bonds is 2. The van der Waals surface area contributed by atoms with Gasteiger partial charge in [-0.3, -0.25) is 19.0 Å². The lowest BCUT2D eigenvalue weighted by Crippen LogP contribution is -2.17. The van der Waals surface area contributed by atoms with Crippen molar-refractivity contribution in [1.82, 2.24) is 4.57 Å². The van der Waals surface area contributed by atoms with Gasteiger partial charge < -0.3 is 0 Å². The van der Waals surface area contributed by atoms with Crippen LogP contribution in [0.15, 0.2) is 30.5 Å². The summed E-state index contributed by atoms with van der Waals surface area (Å²) >= 11 is 0. The highest BCUT2D eigenvalue weighted by atomic mass is 16.2. The van der Waals surface area contributed by atoms with Gasteiger partial charge in [-0.1, -0.05) is 18.2 Å². The molecule has 1 heterocycles. The number of para-hydroxylation sites is 1. The Labute approximate surface area is 91.5 Å². The molecule has 4 heteroatoms. The molecule has 0 unspecified atom stereocenters. The standard InChI is InChI=1S/C12H9NO3/c1-8(15)12(16)13-6-9(7-14)10-4-2-3-5-11(10)13/h2-7H,1H3. The summed E-state index contributed by atoms with van der Waals surface area (Å²) in [5.74, 6) is -1.19. The van der Waals surface area contributed by atoms with E-state index in [0.717, 1.165) is 0 Å². The van der Waals surface area contributed by atoms with Crippen LogP contribution in [-0.4, -0.2) is 22.5 Å². The zero-order chi connectivity index (χ0) is 11.7. The average Bonchev–Trinajstić information content (AvgIpc) is 2.66. The molecule has 80 valence electrons. The van der Waals surface area contributed by atoms with Crippen molar-refractivity contribution in [2.75, 3.05) is 0 Å². The second kappa shape index (κ2) is 3.73. The molecule has 2 rings (SSSR count). The molecule has 1 aromatic heterocycles. The van der Waals surface area contributed by atoms with Crippen molar-refractivity contribution in [1.29, 1.82) is 0 Å². The van der Waals surface area contributed by atoms with Gasteiger partial charge in [-0.15, -0.1) is 0 Å². The average molecular weight is 215 g/mol. The Hall–Kier alpha value is -2.23. The highest BCUT2D eigenvalue weighted by molar-refractivity contribution is 6.37. The highest BCUT2D eigenvalue weighted by Crippen LogP contribution is 2.19. The summed E-state index contributed by atoms with van der Waals surface area (Å²) in [6.45, 7) is 1.21. The smallest absolute Gasteiger partial charge is 0.298 e. The van der Waals surface area contributed by atoms with Gasteiger partial charge in [0.15, 0.2) is 6.29 Å². The maximum Gasteiger partial charge on any atom is 0.298 e. The lowest BCUT2D eigenvalue weighted by molar-refractivity contribution is -0.113. The third-order valence-electron chi connectivity index (χ3n) is 2.39. The molecule has 0 aliphatic carbocycles. The first-order chi connectivity index (χ1) is 7.65. The molecule has 0 N–H and O–H groups in total. The number of hydrogen-bond acceptors (Lipinski definition) is 3. The Bertz CT molecular complexity index is 595. The van der Waals surface area contributed by atoms with E-state index >= 15 is 0 Å². The molecular weight excluding hydrogens is 206 g/mol. The van der Waals surface area contributed by atoms with Crippen LogP contribution in [0.5, 0.6) is 0 Å². The first-order valence-corrected chi connectivity index (χ1v) is 4.75. The van der Waals surface area contributed by atoms with E-state index in [-0.39, 0.29) is 0 Å². The largest absolute Gasteiger partial charge is 0.298 e. The Kier molecular flexibility index (Phi) is 2.40. The van der Waals surface area contributed by atoms with E-state index in [1.54, 1.807) is 24.3 Å². The minimum atomic E-state index is -0.635. The van der Waals surface area contributed by atoms with Gasteiger partial charge in [0.25, 0.3) is 5.91 Å². The monoisotopic (exact) mass is 215 g/mol. The van der Waals surface area contributed by atoms with E-state index in [9.17, 15) is 14.4 Å². The topological polar surface area (TPSA) is 56.1 Å². The molecule has 0 aliphatic heterocycles. The van der Waals surface area contributed by atoms with Gasteiger partial charge in [0.2, 0.25) is 5.78 Å². The maximum absolute atomic E-state index is 11.6. The summed E-state index contributed by atoms with van der Waals surface area (Å²) in [5, 5.41) is 0.673. The van der Waals surface area contributed by atoms with Gasteiger partial charge in [-0.2, -0.15) is 0 Å². The predicted molar refractivity (Wildman–Crippen MR) is 58.6 cm³/mol. The van der Waals surface area contributed by atoms with Gasteiger partial charge in [-0.25, -0.2) is 0 Å². The maximum atomic E-state index is 11.6. The Balaban J connectivity index is 2.76. The Morgan fingerprint density at radius 2 is 1.94 bits per heavy atom. The fraction of sp³-hybridized carbons (Fsp3) is 0.0833. The first kappa shape index (κ1) is 10.3. The fourth-order valence-electron chi connectivity index (χ4n) is 1.64. The van der Waals surface area contributed by atoms with Crippen LogP contribution in [0.2, 0.25) is 0 Å². The van der Waals surface area contributed by atoms with Crippen LogP contribution >= 0.6 is 0 Å². The van der Waals surface area contributed by atoms with Crippen molar-refractivity contribution >= 4 is 28.9 Å². The Morgan fingerprint density at radius 3 is 2.56 bits per heavy atom. The van der Waals surface area contributed by atoms with Crippen molar-refractivity contribution in [2.24, 2.45) is 0 Å². The molecule has 0 saturated heterocycles. The van der Waals surface area contributed by atoms with Crippen LogP contribution < -0.4 is 0 Å². The predicted octanol–water partition coefficient (Wildman–Crippen LogP) is 1.68. The lowest BCUT2D eigenvalue weighted by Gasteiger charge is -1.99. The minimum absolute atomic E-state index is 0.408. The second-order valence-electron chi connectivity index (χ2n) is 3.45. The molecule has 0 aliphatic rings. The van der Waals surface area contributed by atoms with Crippen LogP contribution in [0.3, 0.4) is 0 Å². The van der Waals surface area contributed by atoms with E-state index in [4.69, 9.17) is 0 Å². The second-order valence-corrected chi connectivity index (χ2v) is 3.45. The molecule has 0 bridgehead atoms. The summed E-state index contributed by atoms with van der Waals surface area (Å²) in [5.41, 5.74) is 0.981. The molecule has 4 nitrogen and oxygen atoms in total. The number of carbonyl (C=O) groups is 3. The van der Waals surface area contributed by atoms with Crippen molar-refractivity contribution in [3.05, 3.63) is 36.0 Å². The molecule has 0 saturated carbocycles. The number of fused-ring (bicyclic) bond motifs is 1. The van der Waals surface area contributed by atoms with Gasteiger partial charge in [-0.05, 0) is 6.07 Å². The molecule has 2 aromatic rings. The quantitative estimate of drug-likeness (QED) is 0.565. The van der Waals surface area contributed by atoms with E-state index in [1.165, 1.54) is 17.7 Å². The number of Topliss-reactive ketones (excluding diaryl/α,β-unsaturated/α-hetero) is 1. The number of benzene rings is 1. The van der Waals surface area contributed by atoms with E-state index in [1.807, 2.05) is 0 Å². The molecule has 0 atom stereocenters. The third-order valence-corrected chi connectivity index (χ3v) is 2.39. The van der Waals surface area contributed by atoms with E-state index in [2.05, 4.69) is 0 Å². The summed E-state index contributed by atoms with van der Waals surface area (Å²) in [6.07, 6.45) is 2.06. The molecule has 1 aromatic carbocycles. The van der Waals surface area contributed by atoms with Crippen LogP contribution in [0, 0.1) is 0 Å². The first-order valence-electron chi connectivity index (χ1n) is 4.75. The zero-order valence-electron chi connectivity index (χ0n) is 8.64. The zero-order valence-corrected chi connectivity index (χ0v) is 8.64. The molecule has 0 spiro atoms.